The van der Waals surface area contributed by atoms with Crippen LogP contribution < -0.4 is 10.6 Å². The smallest absolute Gasteiger partial charge is 0.107 e. The van der Waals surface area contributed by atoms with Crippen LogP contribution in [-0.4, -0.2) is 11.5 Å². The van der Waals surface area contributed by atoms with E-state index in [1.54, 1.807) is 0 Å². The SMILES string of the molecule is CCN(c1ccc(C)cc1)c1cccc(Br)c1C(N)=S. The summed E-state index contributed by atoms with van der Waals surface area (Å²) >= 11 is 8.73. The van der Waals surface area contributed by atoms with Crippen LogP contribution in [0.2, 0.25) is 0 Å². The highest BCUT2D eigenvalue weighted by Crippen LogP contribution is 2.32. The maximum atomic E-state index is 5.88. The second-order valence-corrected chi connectivity index (χ2v) is 5.87. The van der Waals surface area contributed by atoms with Gasteiger partial charge in [-0.1, -0.05) is 36.0 Å². The minimum Gasteiger partial charge on any atom is -0.389 e. The van der Waals surface area contributed by atoms with E-state index in [-0.39, 0.29) is 0 Å². The topological polar surface area (TPSA) is 29.3 Å². The largest absolute Gasteiger partial charge is 0.389 e. The van der Waals surface area contributed by atoms with E-state index in [0.717, 1.165) is 28.0 Å². The van der Waals surface area contributed by atoms with E-state index in [1.165, 1.54) is 5.56 Å². The fourth-order valence-electron chi connectivity index (χ4n) is 2.20. The first-order chi connectivity index (χ1) is 9.54. The average Bonchev–Trinajstić information content (AvgIpc) is 2.41. The van der Waals surface area contributed by atoms with Crippen LogP contribution >= 0.6 is 28.1 Å². The van der Waals surface area contributed by atoms with Crippen molar-refractivity contribution < 1.29 is 0 Å². The number of thiocarbonyl (C=S) groups is 1. The molecule has 0 spiro atoms. The van der Waals surface area contributed by atoms with Crippen LogP contribution in [0.15, 0.2) is 46.9 Å². The summed E-state index contributed by atoms with van der Waals surface area (Å²) in [5, 5.41) is 0. The summed E-state index contributed by atoms with van der Waals surface area (Å²) in [5.41, 5.74) is 10.2. The molecule has 0 aromatic heterocycles. The van der Waals surface area contributed by atoms with Crippen molar-refractivity contribution in [1.82, 2.24) is 0 Å². The molecule has 2 aromatic carbocycles. The second-order valence-electron chi connectivity index (χ2n) is 4.58. The predicted octanol–water partition coefficient (Wildman–Crippen LogP) is 4.55. The van der Waals surface area contributed by atoms with Crippen LogP contribution in [0.5, 0.6) is 0 Å². The zero-order valence-corrected chi connectivity index (χ0v) is 14.0. The number of hydrogen-bond donors (Lipinski definition) is 1. The van der Waals surface area contributed by atoms with E-state index >= 15 is 0 Å². The molecule has 0 aliphatic carbocycles. The van der Waals surface area contributed by atoms with Crippen LogP contribution in [0.3, 0.4) is 0 Å². The zero-order chi connectivity index (χ0) is 14.7. The lowest BCUT2D eigenvalue weighted by Gasteiger charge is -2.26. The van der Waals surface area contributed by atoms with Gasteiger partial charge in [-0.2, -0.15) is 0 Å². The highest BCUT2D eigenvalue weighted by Gasteiger charge is 2.15. The molecule has 0 bridgehead atoms. The van der Waals surface area contributed by atoms with E-state index in [4.69, 9.17) is 18.0 Å². The van der Waals surface area contributed by atoms with Gasteiger partial charge in [-0.05, 0) is 54.0 Å². The molecule has 0 radical (unpaired) electrons. The van der Waals surface area contributed by atoms with E-state index in [0.29, 0.717) is 4.99 Å². The minimum absolute atomic E-state index is 0.401. The van der Waals surface area contributed by atoms with Gasteiger partial charge in [0.05, 0.1) is 5.69 Å². The Morgan fingerprint density at radius 2 is 1.85 bits per heavy atom. The molecule has 20 heavy (non-hydrogen) atoms. The molecule has 0 amide bonds. The molecule has 4 heteroatoms. The summed E-state index contributed by atoms with van der Waals surface area (Å²) in [6.07, 6.45) is 0. The van der Waals surface area contributed by atoms with Gasteiger partial charge in [-0.15, -0.1) is 0 Å². The Labute approximate surface area is 133 Å². The third kappa shape index (κ3) is 3.02. The number of benzene rings is 2. The summed E-state index contributed by atoms with van der Waals surface area (Å²) in [7, 11) is 0. The lowest BCUT2D eigenvalue weighted by atomic mass is 10.1. The molecule has 2 aromatic rings. The normalized spacial score (nSPS) is 10.3. The van der Waals surface area contributed by atoms with Crippen molar-refractivity contribution in [1.29, 1.82) is 0 Å². The molecule has 0 aliphatic rings. The lowest BCUT2D eigenvalue weighted by Crippen LogP contribution is -2.21. The molecule has 0 saturated carbocycles. The van der Waals surface area contributed by atoms with Crippen LogP contribution in [0, 0.1) is 6.92 Å². The number of nitrogens with two attached hydrogens (primary N) is 1. The van der Waals surface area contributed by atoms with Gasteiger partial charge in [-0.3, -0.25) is 0 Å². The Balaban J connectivity index is 2.55. The monoisotopic (exact) mass is 348 g/mol. The van der Waals surface area contributed by atoms with Gasteiger partial charge in [0.25, 0.3) is 0 Å². The van der Waals surface area contributed by atoms with Crippen molar-refractivity contribution in [2.45, 2.75) is 13.8 Å². The van der Waals surface area contributed by atoms with Gasteiger partial charge in [-0.25, -0.2) is 0 Å². The van der Waals surface area contributed by atoms with Crippen molar-refractivity contribution in [3.63, 3.8) is 0 Å². The second kappa shape index (κ2) is 6.37. The molecule has 0 aliphatic heterocycles. The zero-order valence-electron chi connectivity index (χ0n) is 11.6. The number of anilines is 2. The number of halogens is 1. The van der Waals surface area contributed by atoms with E-state index < -0.39 is 0 Å². The first-order valence-electron chi connectivity index (χ1n) is 6.47. The van der Waals surface area contributed by atoms with Crippen LogP contribution in [0.25, 0.3) is 0 Å². The molecular weight excluding hydrogens is 332 g/mol. The molecule has 0 fully saturated rings. The lowest BCUT2D eigenvalue weighted by molar-refractivity contribution is 1.02. The fraction of sp³-hybridized carbons (Fsp3) is 0.188. The summed E-state index contributed by atoms with van der Waals surface area (Å²) in [6.45, 7) is 5.04. The third-order valence-corrected chi connectivity index (χ3v) is 4.06. The molecule has 104 valence electrons. The maximum Gasteiger partial charge on any atom is 0.107 e. The Morgan fingerprint density at radius 1 is 1.20 bits per heavy atom. The molecule has 0 heterocycles. The van der Waals surface area contributed by atoms with Gasteiger partial charge in [0.15, 0.2) is 0 Å². The molecular formula is C16H17BrN2S. The first kappa shape index (κ1) is 15.0. The van der Waals surface area contributed by atoms with Crippen LogP contribution in [0.1, 0.15) is 18.1 Å². The Morgan fingerprint density at radius 3 is 2.40 bits per heavy atom. The van der Waals surface area contributed by atoms with Crippen molar-refractivity contribution in [2.24, 2.45) is 5.73 Å². The summed E-state index contributed by atoms with van der Waals surface area (Å²) in [5.74, 6) is 0. The van der Waals surface area contributed by atoms with Gasteiger partial charge < -0.3 is 10.6 Å². The molecule has 0 unspecified atom stereocenters. The average molecular weight is 349 g/mol. The van der Waals surface area contributed by atoms with Gasteiger partial charge in [0.2, 0.25) is 0 Å². The van der Waals surface area contributed by atoms with Gasteiger partial charge in [0, 0.05) is 22.3 Å². The standard InChI is InChI=1S/C16H17BrN2S/c1-3-19(12-9-7-11(2)8-10-12)14-6-4-5-13(17)15(14)16(18)20/h4-10H,3H2,1-2H3,(H2,18,20). The number of aryl methyl sites for hydroxylation is 1. The highest BCUT2D eigenvalue weighted by molar-refractivity contribution is 9.10. The predicted molar refractivity (Wildman–Crippen MR) is 93.9 cm³/mol. The van der Waals surface area contributed by atoms with E-state index in [9.17, 15) is 0 Å². The van der Waals surface area contributed by atoms with Crippen LogP contribution in [-0.2, 0) is 0 Å². The fourth-order valence-corrected chi connectivity index (χ4v) is 3.11. The molecule has 2 N–H and O–H groups in total. The number of nitrogens with zero attached hydrogens (tertiary/aromatic N) is 1. The summed E-state index contributed by atoms with van der Waals surface area (Å²) in [4.78, 5) is 2.61. The molecule has 0 atom stereocenters. The van der Waals surface area contributed by atoms with Crippen molar-refractivity contribution in [3.8, 4) is 0 Å². The van der Waals surface area contributed by atoms with E-state index in [1.807, 2.05) is 18.2 Å². The molecule has 2 nitrogen and oxygen atoms in total. The number of rotatable bonds is 4. The molecule has 2 rings (SSSR count). The first-order valence-corrected chi connectivity index (χ1v) is 7.67. The molecule has 0 saturated heterocycles. The van der Waals surface area contributed by atoms with Crippen LogP contribution in [0.4, 0.5) is 11.4 Å². The van der Waals surface area contributed by atoms with Crippen molar-refractivity contribution >= 4 is 44.5 Å². The van der Waals surface area contributed by atoms with Crippen molar-refractivity contribution in [3.05, 3.63) is 58.1 Å². The number of hydrogen-bond acceptors (Lipinski definition) is 2. The Hall–Kier alpha value is -1.39. The Bertz CT molecular complexity index is 623. The van der Waals surface area contributed by atoms with Crippen molar-refractivity contribution in [2.75, 3.05) is 11.4 Å². The summed E-state index contributed by atoms with van der Waals surface area (Å²) in [6, 6.07) is 14.4. The van der Waals surface area contributed by atoms with Gasteiger partial charge in [0.1, 0.15) is 4.99 Å². The quantitative estimate of drug-likeness (QED) is 0.821. The highest BCUT2D eigenvalue weighted by atomic mass is 79.9. The summed E-state index contributed by atoms with van der Waals surface area (Å²) < 4.78 is 0.924. The Kier molecular flexibility index (Phi) is 4.78. The van der Waals surface area contributed by atoms with E-state index in [2.05, 4.69) is 58.9 Å². The minimum atomic E-state index is 0.401. The maximum absolute atomic E-state index is 5.88. The third-order valence-electron chi connectivity index (χ3n) is 3.19. The van der Waals surface area contributed by atoms with Gasteiger partial charge >= 0.3 is 0 Å².